The molecule has 0 atom stereocenters. The highest BCUT2D eigenvalue weighted by Gasteiger charge is 2.29. The van der Waals surface area contributed by atoms with E-state index in [2.05, 4.69) is 37.4 Å². The minimum absolute atomic E-state index is 0.130. The van der Waals surface area contributed by atoms with Crippen LogP contribution in [0.3, 0.4) is 0 Å². The molecule has 3 rings (SSSR count). The van der Waals surface area contributed by atoms with Gasteiger partial charge >= 0.3 is 0 Å². The van der Waals surface area contributed by atoms with Gasteiger partial charge < -0.3 is 15.5 Å². The van der Waals surface area contributed by atoms with E-state index in [1.807, 2.05) is 7.05 Å². The Kier molecular flexibility index (Phi) is 4.12. The smallest absolute Gasteiger partial charge is 0.231 e. The summed E-state index contributed by atoms with van der Waals surface area (Å²) in [6, 6.07) is 0. The second-order valence-electron chi connectivity index (χ2n) is 6.47. The molecule has 1 aromatic heterocycles. The van der Waals surface area contributed by atoms with E-state index < -0.39 is 0 Å². The fraction of sp³-hybridized carbons (Fsp3) is 0.800. The van der Waals surface area contributed by atoms with Crippen LogP contribution in [0.4, 0.5) is 17.8 Å². The number of rotatable bonds is 4. The second kappa shape index (κ2) is 6.03. The highest BCUT2D eigenvalue weighted by Crippen LogP contribution is 2.32. The van der Waals surface area contributed by atoms with Crippen molar-refractivity contribution in [2.75, 3.05) is 35.7 Å². The van der Waals surface area contributed by atoms with Crippen molar-refractivity contribution < 1.29 is 0 Å². The van der Waals surface area contributed by atoms with Gasteiger partial charge in [0, 0.05) is 25.7 Å². The first-order chi connectivity index (χ1) is 10.2. The van der Waals surface area contributed by atoms with Crippen molar-refractivity contribution in [1.82, 2.24) is 15.0 Å². The molecule has 0 amide bonds. The Morgan fingerprint density at radius 3 is 2.24 bits per heavy atom. The average molecular weight is 290 g/mol. The third-order valence-corrected chi connectivity index (χ3v) is 4.61. The van der Waals surface area contributed by atoms with Crippen molar-refractivity contribution in [1.29, 1.82) is 0 Å². The second-order valence-corrected chi connectivity index (χ2v) is 6.47. The lowest BCUT2D eigenvalue weighted by Crippen LogP contribution is -2.34. The molecule has 0 bridgehead atoms. The van der Waals surface area contributed by atoms with Gasteiger partial charge in [0.1, 0.15) is 0 Å². The van der Waals surface area contributed by atoms with Gasteiger partial charge in [-0.25, -0.2) is 0 Å². The first kappa shape index (κ1) is 14.4. The van der Waals surface area contributed by atoms with E-state index in [0.717, 1.165) is 19.0 Å². The topological polar surface area (TPSA) is 66.0 Å². The number of aromatic nitrogens is 3. The molecule has 21 heavy (non-hydrogen) atoms. The number of nitrogens with one attached hydrogen (secondary N) is 2. The van der Waals surface area contributed by atoms with Gasteiger partial charge in [0.2, 0.25) is 17.8 Å². The third-order valence-electron chi connectivity index (χ3n) is 4.61. The van der Waals surface area contributed by atoms with Crippen molar-refractivity contribution >= 4 is 17.8 Å². The molecule has 2 fully saturated rings. The van der Waals surface area contributed by atoms with Crippen LogP contribution in [0.15, 0.2) is 0 Å². The summed E-state index contributed by atoms with van der Waals surface area (Å²) in [5, 5.41) is 6.60. The molecule has 2 aliphatic rings. The van der Waals surface area contributed by atoms with Crippen LogP contribution >= 0.6 is 0 Å². The van der Waals surface area contributed by atoms with E-state index in [1.165, 1.54) is 44.9 Å². The molecule has 1 aromatic rings. The quantitative estimate of drug-likeness (QED) is 0.888. The predicted octanol–water partition coefficient (Wildman–Crippen LogP) is 2.65. The fourth-order valence-electron chi connectivity index (χ4n) is 3.32. The lowest BCUT2D eigenvalue weighted by Gasteiger charge is -2.29. The number of anilines is 3. The molecular weight excluding hydrogens is 264 g/mol. The highest BCUT2D eigenvalue weighted by atomic mass is 15.3. The molecule has 1 aliphatic carbocycles. The Balaban J connectivity index is 1.82. The molecule has 0 spiro atoms. The van der Waals surface area contributed by atoms with E-state index in [4.69, 9.17) is 0 Å². The zero-order valence-corrected chi connectivity index (χ0v) is 13.2. The summed E-state index contributed by atoms with van der Waals surface area (Å²) in [6.45, 7) is 4.36. The van der Waals surface area contributed by atoms with Crippen molar-refractivity contribution in [3.63, 3.8) is 0 Å². The maximum absolute atomic E-state index is 4.67. The molecule has 2 N–H and O–H groups in total. The standard InChI is InChI=1S/C15H26N6/c1-15(8-4-5-9-15)20-13-17-12(16-2)18-14(19-13)21-10-6-3-7-11-21/h3-11H2,1-2H3,(H2,16,17,18,19,20). The summed E-state index contributed by atoms with van der Waals surface area (Å²) in [5.41, 5.74) is 0.130. The summed E-state index contributed by atoms with van der Waals surface area (Å²) in [7, 11) is 1.86. The van der Waals surface area contributed by atoms with Crippen LogP contribution in [0.1, 0.15) is 51.9 Å². The van der Waals surface area contributed by atoms with E-state index in [1.54, 1.807) is 0 Å². The average Bonchev–Trinajstić information content (AvgIpc) is 2.94. The Labute approximate surface area is 126 Å². The Hall–Kier alpha value is -1.59. The van der Waals surface area contributed by atoms with Gasteiger partial charge in [0.25, 0.3) is 0 Å². The van der Waals surface area contributed by atoms with Gasteiger partial charge in [-0.1, -0.05) is 12.8 Å². The molecule has 6 nitrogen and oxygen atoms in total. The van der Waals surface area contributed by atoms with Gasteiger partial charge in [0.05, 0.1) is 0 Å². The minimum Gasteiger partial charge on any atom is -0.357 e. The molecule has 1 saturated carbocycles. The number of piperidine rings is 1. The van der Waals surface area contributed by atoms with Crippen LogP contribution in [0.5, 0.6) is 0 Å². The van der Waals surface area contributed by atoms with Gasteiger partial charge in [-0.3, -0.25) is 0 Å². The first-order valence-electron chi connectivity index (χ1n) is 8.15. The van der Waals surface area contributed by atoms with E-state index in [9.17, 15) is 0 Å². The van der Waals surface area contributed by atoms with Gasteiger partial charge in [-0.2, -0.15) is 15.0 Å². The van der Waals surface area contributed by atoms with Gasteiger partial charge in [-0.05, 0) is 39.0 Å². The lowest BCUT2D eigenvalue weighted by molar-refractivity contribution is 0.526. The van der Waals surface area contributed by atoms with Crippen LogP contribution in [0, 0.1) is 0 Å². The molecule has 1 saturated heterocycles. The third kappa shape index (κ3) is 3.36. The maximum atomic E-state index is 4.67. The van der Waals surface area contributed by atoms with Crippen LogP contribution in [0.25, 0.3) is 0 Å². The number of hydrogen-bond acceptors (Lipinski definition) is 6. The molecule has 116 valence electrons. The molecule has 2 heterocycles. The van der Waals surface area contributed by atoms with E-state index in [-0.39, 0.29) is 5.54 Å². The zero-order valence-electron chi connectivity index (χ0n) is 13.2. The fourth-order valence-corrected chi connectivity index (χ4v) is 3.32. The van der Waals surface area contributed by atoms with Crippen molar-refractivity contribution in [3.05, 3.63) is 0 Å². The first-order valence-corrected chi connectivity index (χ1v) is 8.15. The summed E-state index contributed by atoms with van der Waals surface area (Å²) in [4.78, 5) is 15.9. The van der Waals surface area contributed by atoms with Crippen molar-refractivity contribution in [3.8, 4) is 0 Å². The largest absolute Gasteiger partial charge is 0.357 e. The van der Waals surface area contributed by atoms with Crippen LogP contribution in [-0.4, -0.2) is 40.6 Å². The van der Waals surface area contributed by atoms with Crippen LogP contribution < -0.4 is 15.5 Å². The zero-order chi connectivity index (χ0) is 14.7. The molecule has 0 radical (unpaired) electrons. The maximum Gasteiger partial charge on any atom is 0.231 e. The van der Waals surface area contributed by atoms with Gasteiger partial charge in [0.15, 0.2) is 0 Å². The molecular formula is C15H26N6. The molecule has 6 heteroatoms. The van der Waals surface area contributed by atoms with Crippen LogP contribution in [0.2, 0.25) is 0 Å². The van der Waals surface area contributed by atoms with Crippen LogP contribution in [-0.2, 0) is 0 Å². The van der Waals surface area contributed by atoms with Gasteiger partial charge in [-0.15, -0.1) is 0 Å². The Morgan fingerprint density at radius 2 is 1.57 bits per heavy atom. The monoisotopic (exact) mass is 290 g/mol. The van der Waals surface area contributed by atoms with Crippen molar-refractivity contribution in [2.45, 2.75) is 57.4 Å². The summed E-state index contributed by atoms with van der Waals surface area (Å²) < 4.78 is 0. The number of nitrogens with zero attached hydrogens (tertiary/aromatic N) is 4. The lowest BCUT2D eigenvalue weighted by atomic mass is 10.0. The Bertz CT molecular complexity index is 477. The number of hydrogen-bond donors (Lipinski definition) is 2. The van der Waals surface area contributed by atoms with E-state index >= 15 is 0 Å². The molecule has 0 unspecified atom stereocenters. The normalized spacial score (nSPS) is 21.3. The van der Waals surface area contributed by atoms with Crippen molar-refractivity contribution in [2.24, 2.45) is 0 Å². The minimum atomic E-state index is 0.130. The SMILES string of the molecule is CNc1nc(NC2(C)CCCC2)nc(N2CCCCC2)n1. The highest BCUT2D eigenvalue weighted by molar-refractivity contribution is 5.45. The predicted molar refractivity (Wildman–Crippen MR) is 85.9 cm³/mol. The molecule has 0 aromatic carbocycles. The summed E-state index contributed by atoms with van der Waals surface area (Å²) in [5.74, 6) is 2.16. The summed E-state index contributed by atoms with van der Waals surface area (Å²) in [6.07, 6.45) is 8.70. The Morgan fingerprint density at radius 1 is 0.905 bits per heavy atom. The van der Waals surface area contributed by atoms with E-state index in [0.29, 0.717) is 11.9 Å². The summed E-state index contributed by atoms with van der Waals surface area (Å²) >= 11 is 0. The molecule has 1 aliphatic heterocycles.